The van der Waals surface area contributed by atoms with Crippen molar-refractivity contribution in [2.75, 3.05) is 35.7 Å². The molecular weight excluding hydrogens is 413 g/mol. The van der Waals surface area contributed by atoms with Gasteiger partial charge in [0, 0.05) is 32.1 Å². The standard InChI is InChI=1S/C20H27F3N6O2/c1-10(2)16-18(31)26-15-12(4)24-19(27-17(15)28(16)5)25-13-8-29(9-13)14(30)7-6-11(3)20(21,22)23/h10,13,16H,3,6-9H2,1-2,4-5H3,(H,26,31)(H,24,25,27). The molecule has 2 aliphatic heterocycles. The van der Waals surface area contributed by atoms with E-state index in [0.717, 1.165) is 0 Å². The number of aromatic nitrogens is 2. The van der Waals surface area contributed by atoms with Crippen LogP contribution in [-0.2, 0) is 9.59 Å². The second kappa shape index (κ2) is 8.35. The van der Waals surface area contributed by atoms with Crippen molar-refractivity contribution in [2.45, 2.75) is 51.9 Å². The molecule has 0 aromatic carbocycles. The summed E-state index contributed by atoms with van der Waals surface area (Å²) >= 11 is 0. The number of nitrogens with one attached hydrogen (secondary N) is 2. The highest BCUT2D eigenvalue weighted by Gasteiger charge is 2.37. The first kappa shape index (κ1) is 22.8. The number of rotatable bonds is 6. The number of anilines is 3. The lowest BCUT2D eigenvalue weighted by atomic mass is 9.99. The number of fused-ring (bicyclic) bond motifs is 1. The molecule has 1 aromatic heterocycles. The molecule has 2 N–H and O–H groups in total. The monoisotopic (exact) mass is 440 g/mol. The van der Waals surface area contributed by atoms with Gasteiger partial charge in [0.05, 0.1) is 11.7 Å². The van der Waals surface area contributed by atoms with E-state index in [9.17, 15) is 22.8 Å². The number of likely N-dealkylation sites (tertiary alicyclic amines) is 1. The molecular formula is C20H27F3N6O2. The molecule has 0 spiro atoms. The van der Waals surface area contributed by atoms with Gasteiger partial charge >= 0.3 is 6.18 Å². The summed E-state index contributed by atoms with van der Waals surface area (Å²) < 4.78 is 37.5. The van der Waals surface area contributed by atoms with Gasteiger partial charge in [0.15, 0.2) is 5.82 Å². The van der Waals surface area contributed by atoms with Gasteiger partial charge in [0.25, 0.3) is 0 Å². The average molecular weight is 440 g/mol. The van der Waals surface area contributed by atoms with Crippen molar-refractivity contribution in [3.63, 3.8) is 0 Å². The second-order valence-electron chi connectivity index (χ2n) is 8.36. The molecule has 11 heteroatoms. The maximum absolute atomic E-state index is 12.5. The smallest absolute Gasteiger partial charge is 0.348 e. The second-order valence-corrected chi connectivity index (χ2v) is 8.36. The van der Waals surface area contributed by atoms with Gasteiger partial charge in [-0.3, -0.25) is 9.59 Å². The predicted molar refractivity (Wildman–Crippen MR) is 111 cm³/mol. The highest BCUT2D eigenvalue weighted by Crippen LogP contribution is 2.34. The first-order chi connectivity index (χ1) is 14.4. The fourth-order valence-electron chi connectivity index (χ4n) is 3.79. The predicted octanol–water partition coefficient (Wildman–Crippen LogP) is 2.72. The Morgan fingerprint density at radius 3 is 2.52 bits per heavy atom. The molecule has 3 heterocycles. The van der Waals surface area contributed by atoms with E-state index in [1.165, 1.54) is 4.90 Å². The largest absolute Gasteiger partial charge is 0.412 e. The topological polar surface area (TPSA) is 90.5 Å². The number of amides is 2. The molecule has 1 saturated heterocycles. The number of alkyl halides is 3. The molecule has 8 nitrogen and oxygen atoms in total. The average Bonchev–Trinajstić information content (AvgIpc) is 2.62. The lowest BCUT2D eigenvalue weighted by Crippen LogP contribution is -2.57. The Hall–Kier alpha value is -2.85. The Balaban J connectivity index is 1.59. The van der Waals surface area contributed by atoms with Crippen LogP contribution in [0.3, 0.4) is 0 Å². The fourth-order valence-corrected chi connectivity index (χ4v) is 3.79. The van der Waals surface area contributed by atoms with Gasteiger partial charge in [0.2, 0.25) is 17.8 Å². The summed E-state index contributed by atoms with van der Waals surface area (Å²) in [5, 5.41) is 6.05. The van der Waals surface area contributed by atoms with E-state index in [4.69, 9.17) is 0 Å². The van der Waals surface area contributed by atoms with Gasteiger partial charge < -0.3 is 20.4 Å². The molecule has 0 aliphatic carbocycles. The van der Waals surface area contributed by atoms with Crippen molar-refractivity contribution in [1.29, 1.82) is 0 Å². The zero-order chi connectivity index (χ0) is 23.1. The molecule has 1 unspecified atom stereocenters. The minimum atomic E-state index is -4.47. The van der Waals surface area contributed by atoms with E-state index in [-0.39, 0.29) is 36.2 Å². The van der Waals surface area contributed by atoms with Gasteiger partial charge in [-0.1, -0.05) is 20.4 Å². The fraction of sp³-hybridized carbons (Fsp3) is 0.600. The normalized spacial score (nSPS) is 19.1. The third kappa shape index (κ3) is 4.75. The van der Waals surface area contributed by atoms with Crippen LogP contribution < -0.4 is 15.5 Å². The van der Waals surface area contributed by atoms with Crippen molar-refractivity contribution in [3.8, 4) is 0 Å². The van der Waals surface area contributed by atoms with Crippen molar-refractivity contribution >= 4 is 29.3 Å². The summed E-state index contributed by atoms with van der Waals surface area (Å²) in [5.74, 6) is 0.645. The van der Waals surface area contributed by atoms with Crippen LogP contribution in [0.2, 0.25) is 0 Å². The van der Waals surface area contributed by atoms with Gasteiger partial charge in [-0.25, -0.2) is 4.98 Å². The first-order valence-electron chi connectivity index (χ1n) is 10.1. The zero-order valence-electron chi connectivity index (χ0n) is 18.0. The number of hydrogen-bond donors (Lipinski definition) is 2. The maximum Gasteiger partial charge on any atom is 0.412 e. The van der Waals surface area contributed by atoms with Crippen molar-refractivity contribution in [2.24, 2.45) is 5.92 Å². The van der Waals surface area contributed by atoms with E-state index in [1.807, 2.05) is 25.8 Å². The number of carbonyl (C=O) groups excluding carboxylic acids is 2. The van der Waals surface area contributed by atoms with Crippen LogP contribution in [0.4, 0.5) is 30.6 Å². The maximum atomic E-state index is 12.5. The van der Waals surface area contributed by atoms with E-state index in [0.29, 0.717) is 36.2 Å². The van der Waals surface area contributed by atoms with Gasteiger partial charge in [-0.2, -0.15) is 18.2 Å². The van der Waals surface area contributed by atoms with E-state index in [1.54, 1.807) is 6.92 Å². The first-order valence-corrected chi connectivity index (χ1v) is 10.1. The van der Waals surface area contributed by atoms with Crippen LogP contribution in [0.5, 0.6) is 0 Å². The van der Waals surface area contributed by atoms with Gasteiger partial charge in [0.1, 0.15) is 11.7 Å². The number of likely N-dealkylation sites (N-methyl/N-ethyl adjacent to an activating group) is 1. The lowest BCUT2D eigenvalue weighted by molar-refractivity contribution is -0.135. The van der Waals surface area contributed by atoms with E-state index >= 15 is 0 Å². The minimum Gasteiger partial charge on any atom is -0.348 e. The molecule has 3 rings (SSSR count). The van der Waals surface area contributed by atoms with Crippen molar-refractivity contribution in [1.82, 2.24) is 14.9 Å². The molecule has 0 saturated carbocycles. The van der Waals surface area contributed by atoms with Crippen LogP contribution in [0.15, 0.2) is 12.2 Å². The van der Waals surface area contributed by atoms with Crippen LogP contribution in [0.25, 0.3) is 0 Å². The lowest BCUT2D eigenvalue weighted by Gasteiger charge is -2.40. The third-order valence-corrected chi connectivity index (χ3v) is 5.58. The summed E-state index contributed by atoms with van der Waals surface area (Å²) in [6.45, 7) is 9.41. The number of aryl methyl sites for hydroxylation is 1. The summed E-state index contributed by atoms with van der Waals surface area (Å²) in [6.07, 6.45) is -5.10. The molecule has 2 aliphatic rings. The number of halogens is 3. The van der Waals surface area contributed by atoms with Gasteiger partial charge in [-0.05, 0) is 19.3 Å². The molecule has 1 fully saturated rings. The zero-order valence-corrected chi connectivity index (χ0v) is 18.0. The molecule has 1 aromatic rings. The Kier molecular flexibility index (Phi) is 6.15. The number of allylic oxidation sites excluding steroid dienone is 1. The molecule has 0 bridgehead atoms. The highest BCUT2D eigenvalue weighted by molar-refractivity contribution is 6.03. The summed E-state index contributed by atoms with van der Waals surface area (Å²) in [6, 6.07) is -0.450. The Morgan fingerprint density at radius 1 is 1.29 bits per heavy atom. The Morgan fingerprint density at radius 2 is 1.94 bits per heavy atom. The van der Waals surface area contributed by atoms with Crippen LogP contribution >= 0.6 is 0 Å². The minimum absolute atomic E-state index is 0.0875. The third-order valence-electron chi connectivity index (χ3n) is 5.58. The molecule has 0 radical (unpaired) electrons. The Bertz CT molecular complexity index is 896. The number of carbonyl (C=O) groups is 2. The highest BCUT2D eigenvalue weighted by atomic mass is 19.4. The molecule has 31 heavy (non-hydrogen) atoms. The van der Waals surface area contributed by atoms with Gasteiger partial charge in [-0.15, -0.1) is 0 Å². The molecule has 2 amide bonds. The van der Waals surface area contributed by atoms with E-state index < -0.39 is 18.2 Å². The van der Waals surface area contributed by atoms with Crippen LogP contribution in [0.1, 0.15) is 32.4 Å². The number of nitrogens with zero attached hydrogens (tertiary/aromatic N) is 4. The molecule has 1 atom stereocenters. The molecule has 170 valence electrons. The SMILES string of the molecule is C=C(CCC(=O)N1CC(Nc2nc(C)c3c(n2)N(C)C(C(C)C)C(=O)N3)C1)C(F)(F)F. The number of hydrogen-bond acceptors (Lipinski definition) is 6. The van der Waals surface area contributed by atoms with Crippen LogP contribution in [0, 0.1) is 12.8 Å². The Labute approximate surface area is 178 Å². The van der Waals surface area contributed by atoms with Crippen molar-refractivity contribution < 1.29 is 22.8 Å². The van der Waals surface area contributed by atoms with Crippen molar-refractivity contribution in [3.05, 3.63) is 17.8 Å². The summed E-state index contributed by atoms with van der Waals surface area (Å²) in [7, 11) is 1.82. The van der Waals surface area contributed by atoms with E-state index in [2.05, 4.69) is 27.2 Å². The summed E-state index contributed by atoms with van der Waals surface area (Å²) in [4.78, 5) is 36.8. The van der Waals surface area contributed by atoms with Crippen LogP contribution in [-0.4, -0.2) is 65.1 Å². The summed E-state index contributed by atoms with van der Waals surface area (Å²) in [5.41, 5.74) is 0.294. The quantitative estimate of drug-likeness (QED) is 0.661.